The van der Waals surface area contributed by atoms with E-state index < -0.39 is 0 Å². The van der Waals surface area contributed by atoms with E-state index in [9.17, 15) is 9.59 Å². The summed E-state index contributed by atoms with van der Waals surface area (Å²) in [5.74, 6) is 0.335. The first kappa shape index (κ1) is 20.6. The molecule has 1 N–H and O–H groups in total. The normalized spacial score (nSPS) is 11.0. The molecule has 0 bridgehead atoms. The maximum Gasteiger partial charge on any atom is 0.311 e. The highest BCUT2D eigenvalue weighted by atomic mass is 16.5. The topological polar surface area (TPSA) is 71.6 Å². The third-order valence-corrected chi connectivity index (χ3v) is 4.63. The van der Waals surface area contributed by atoms with Gasteiger partial charge in [0.15, 0.2) is 0 Å². The monoisotopic (exact) mass is 394 g/mol. The van der Waals surface area contributed by atoms with E-state index in [0.717, 1.165) is 35.0 Å². The van der Waals surface area contributed by atoms with E-state index in [4.69, 9.17) is 9.47 Å². The Morgan fingerprint density at radius 3 is 2.45 bits per heavy atom. The summed E-state index contributed by atoms with van der Waals surface area (Å²) in [6, 6.07) is 12.9. The van der Waals surface area contributed by atoms with E-state index in [-0.39, 0.29) is 18.4 Å². The molecule has 0 aliphatic carbocycles. The zero-order valence-corrected chi connectivity index (χ0v) is 17.0. The fraction of sp³-hybridized carbons (Fsp3) is 0.304. The number of likely N-dealkylation sites (N-methyl/N-ethyl adjacent to an activating group) is 1. The van der Waals surface area contributed by atoms with Gasteiger partial charge < -0.3 is 19.4 Å². The first-order valence-corrected chi connectivity index (χ1v) is 9.64. The number of esters is 2. The molecular formula is C23H26N2O4. The van der Waals surface area contributed by atoms with Crippen molar-refractivity contribution in [3.05, 3.63) is 59.8 Å². The molecule has 0 saturated carbocycles. The molecule has 0 aliphatic rings. The molecule has 2 aromatic carbocycles. The lowest BCUT2D eigenvalue weighted by Gasteiger charge is -2.11. The fourth-order valence-electron chi connectivity index (χ4n) is 3.22. The number of para-hydroxylation sites is 1. The van der Waals surface area contributed by atoms with Gasteiger partial charge in [0.25, 0.3) is 0 Å². The number of aromatic amines is 1. The number of ether oxygens (including phenoxy) is 2. The van der Waals surface area contributed by atoms with Crippen molar-refractivity contribution < 1.29 is 19.1 Å². The van der Waals surface area contributed by atoms with Crippen LogP contribution in [-0.2, 0) is 22.4 Å². The standard InChI is InChI=1S/C23H26N2O4/c1-16(26)28-20-9-5-4-7-17(20)11-12-22(27)29-21-10-6-8-19-23(21)18(15-24-19)13-14-25(2)3/h4-10,15,24H,11-14H2,1-3H3. The average Bonchev–Trinajstić information content (AvgIpc) is 3.09. The molecule has 0 fully saturated rings. The first-order valence-electron chi connectivity index (χ1n) is 9.64. The number of carbonyl (C=O) groups is 2. The largest absolute Gasteiger partial charge is 0.426 e. The number of nitrogens with one attached hydrogen (secondary N) is 1. The van der Waals surface area contributed by atoms with Crippen molar-refractivity contribution in [2.24, 2.45) is 0 Å². The summed E-state index contributed by atoms with van der Waals surface area (Å²) in [7, 11) is 4.06. The van der Waals surface area contributed by atoms with Gasteiger partial charge in [0, 0.05) is 30.6 Å². The summed E-state index contributed by atoms with van der Waals surface area (Å²) >= 11 is 0. The Labute approximate surface area is 170 Å². The highest BCUT2D eigenvalue weighted by Crippen LogP contribution is 2.30. The summed E-state index contributed by atoms with van der Waals surface area (Å²) in [5, 5.41) is 0.947. The average molecular weight is 394 g/mol. The van der Waals surface area contributed by atoms with Gasteiger partial charge in [-0.05, 0) is 56.3 Å². The Morgan fingerprint density at radius 2 is 1.69 bits per heavy atom. The van der Waals surface area contributed by atoms with Crippen LogP contribution in [0.25, 0.3) is 10.9 Å². The van der Waals surface area contributed by atoms with Crippen molar-refractivity contribution in [3.63, 3.8) is 0 Å². The van der Waals surface area contributed by atoms with E-state index in [1.54, 1.807) is 12.1 Å². The van der Waals surface area contributed by atoms with Crippen LogP contribution >= 0.6 is 0 Å². The van der Waals surface area contributed by atoms with Gasteiger partial charge in [0.2, 0.25) is 0 Å². The number of benzene rings is 2. The molecule has 1 heterocycles. The molecule has 0 saturated heterocycles. The molecule has 6 nitrogen and oxygen atoms in total. The zero-order valence-electron chi connectivity index (χ0n) is 17.0. The molecule has 0 spiro atoms. The van der Waals surface area contributed by atoms with Crippen molar-refractivity contribution in [3.8, 4) is 11.5 Å². The lowest BCUT2D eigenvalue weighted by molar-refractivity contribution is -0.134. The molecule has 3 aromatic rings. The molecule has 29 heavy (non-hydrogen) atoms. The third kappa shape index (κ3) is 5.45. The van der Waals surface area contributed by atoms with Crippen LogP contribution < -0.4 is 9.47 Å². The fourth-order valence-corrected chi connectivity index (χ4v) is 3.22. The number of nitrogens with zero attached hydrogens (tertiary/aromatic N) is 1. The lowest BCUT2D eigenvalue weighted by atomic mass is 10.1. The molecule has 0 aliphatic heterocycles. The van der Waals surface area contributed by atoms with Crippen molar-refractivity contribution in [2.75, 3.05) is 20.6 Å². The Kier molecular flexibility index (Phi) is 6.67. The second-order valence-electron chi connectivity index (χ2n) is 7.22. The van der Waals surface area contributed by atoms with Crippen molar-refractivity contribution in [1.29, 1.82) is 0 Å². The van der Waals surface area contributed by atoms with Gasteiger partial charge in [-0.15, -0.1) is 0 Å². The Morgan fingerprint density at radius 1 is 0.931 bits per heavy atom. The predicted molar refractivity (Wildman–Crippen MR) is 112 cm³/mol. The number of fused-ring (bicyclic) bond motifs is 1. The van der Waals surface area contributed by atoms with E-state index >= 15 is 0 Å². The van der Waals surface area contributed by atoms with Crippen LogP contribution in [0, 0.1) is 0 Å². The SMILES string of the molecule is CC(=O)Oc1ccccc1CCC(=O)Oc1cccc2[nH]cc(CCN(C)C)c12. The van der Waals surface area contributed by atoms with E-state index in [1.165, 1.54) is 6.92 Å². The summed E-state index contributed by atoms with van der Waals surface area (Å²) in [5.41, 5.74) is 2.87. The highest BCUT2D eigenvalue weighted by Gasteiger charge is 2.14. The minimum atomic E-state index is -0.385. The smallest absolute Gasteiger partial charge is 0.311 e. The molecule has 0 radical (unpaired) electrons. The van der Waals surface area contributed by atoms with Crippen molar-refractivity contribution in [1.82, 2.24) is 9.88 Å². The van der Waals surface area contributed by atoms with E-state index in [2.05, 4.69) is 9.88 Å². The lowest BCUT2D eigenvalue weighted by Crippen LogP contribution is -2.15. The third-order valence-electron chi connectivity index (χ3n) is 4.63. The minimum absolute atomic E-state index is 0.187. The number of hydrogen-bond donors (Lipinski definition) is 1. The molecule has 1 aromatic heterocycles. The Bertz CT molecular complexity index is 1010. The number of carbonyl (C=O) groups excluding carboxylic acids is 2. The number of aromatic nitrogens is 1. The quantitative estimate of drug-likeness (QED) is 0.466. The first-order chi connectivity index (χ1) is 13.9. The van der Waals surface area contributed by atoms with Crippen LogP contribution in [0.4, 0.5) is 0 Å². The number of rotatable bonds is 8. The predicted octanol–water partition coefficient (Wildman–Crippen LogP) is 3.74. The van der Waals surface area contributed by atoms with Gasteiger partial charge >= 0.3 is 11.9 Å². The van der Waals surface area contributed by atoms with Gasteiger partial charge in [-0.25, -0.2) is 0 Å². The van der Waals surface area contributed by atoms with Gasteiger partial charge in [-0.1, -0.05) is 24.3 Å². The van der Waals surface area contributed by atoms with Crippen LogP contribution in [0.5, 0.6) is 11.5 Å². The van der Waals surface area contributed by atoms with Gasteiger partial charge in [0.05, 0.1) is 6.42 Å². The molecular weight excluding hydrogens is 368 g/mol. The van der Waals surface area contributed by atoms with E-state index in [0.29, 0.717) is 17.9 Å². The van der Waals surface area contributed by atoms with Crippen molar-refractivity contribution >= 4 is 22.8 Å². The van der Waals surface area contributed by atoms with Crippen LogP contribution in [0.15, 0.2) is 48.7 Å². The minimum Gasteiger partial charge on any atom is -0.426 e. The molecule has 3 rings (SSSR count). The highest BCUT2D eigenvalue weighted by molar-refractivity contribution is 5.91. The summed E-state index contributed by atoms with van der Waals surface area (Å²) in [6.45, 7) is 2.26. The van der Waals surface area contributed by atoms with E-state index in [1.807, 2.05) is 50.6 Å². The maximum absolute atomic E-state index is 12.5. The summed E-state index contributed by atoms with van der Waals surface area (Å²) < 4.78 is 10.9. The molecule has 0 atom stereocenters. The Hall–Kier alpha value is -3.12. The number of aryl methyl sites for hydroxylation is 1. The number of H-pyrrole nitrogens is 1. The molecule has 0 amide bonds. The van der Waals surface area contributed by atoms with Crippen LogP contribution in [0.3, 0.4) is 0 Å². The van der Waals surface area contributed by atoms with Crippen molar-refractivity contribution in [2.45, 2.75) is 26.2 Å². The van der Waals surface area contributed by atoms with Gasteiger partial charge in [0.1, 0.15) is 11.5 Å². The molecule has 6 heteroatoms. The second-order valence-corrected chi connectivity index (χ2v) is 7.22. The van der Waals surface area contributed by atoms with Gasteiger partial charge in [-0.3, -0.25) is 9.59 Å². The van der Waals surface area contributed by atoms with Crippen LogP contribution in [-0.4, -0.2) is 42.5 Å². The molecule has 0 unspecified atom stereocenters. The maximum atomic E-state index is 12.5. The molecule has 152 valence electrons. The number of hydrogen-bond acceptors (Lipinski definition) is 5. The summed E-state index contributed by atoms with van der Waals surface area (Å²) in [4.78, 5) is 29.1. The summed E-state index contributed by atoms with van der Waals surface area (Å²) in [6.07, 6.45) is 3.45. The Balaban J connectivity index is 1.71. The zero-order chi connectivity index (χ0) is 20.8. The second kappa shape index (κ2) is 9.39. The van der Waals surface area contributed by atoms with Gasteiger partial charge in [-0.2, -0.15) is 0 Å². The van der Waals surface area contributed by atoms with Crippen LogP contribution in [0.1, 0.15) is 24.5 Å². The van der Waals surface area contributed by atoms with Crippen LogP contribution in [0.2, 0.25) is 0 Å².